The van der Waals surface area contributed by atoms with Gasteiger partial charge in [-0.2, -0.15) is 5.10 Å². The van der Waals surface area contributed by atoms with Gasteiger partial charge in [0.1, 0.15) is 12.3 Å². The quantitative estimate of drug-likeness (QED) is 0.498. The van der Waals surface area contributed by atoms with E-state index < -0.39 is 0 Å². The molecule has 174 valence electrons. The summed E-state index contributed by atoms with van der Waals surface area (Å²) in [6.45, 7) is 1.92. The highest BCUT2D eigenvalue weighted by atomic mass is 35.5. The van der Waals surface area contributed by atoms with Crippen LogP contribution in [0.1, 0.15) is 39.5 Å². The molecule has 0 unspecified atom stereocenters. The SMILES string of the molecule is COc1ccc(C(=O)N(C)CC(=O)N2N=C(c3ccccc3Cl)C[C@H]2c2ccc(C)cc2)cc1. The van der Waals surface area contributed by atoms with Crippen LogP contribution in [0.4, 0.5) is 0 Å². The first-order chi connectivity index (χ1) is 16.4. The number of ether oxygens (including phenoxy) is 1. The van der Waals surface area contributed by atoms with Crippen LogP contribution in [0.25, 0.3) is 0 Å². The molecule has 1 atom stereocenters. The summed E-state index contributed by atoms with van der Waals surface area (Å²) in [5.74, 6) is 0.143. The van der Waals surface area contributed by atoms with Crippen LogP contribution in [0, 0.1) is 6.92 Å². The van der Waals surface area contributed by atoms with Gasteiger partial charge in [0.05, 0.1) is 18.9 Å². The Morgan fingerprint density at radius 3 is 2.38 bits per heavy atom. The fourth-order valence-corrected chi connectivity index (χ4v) is 4.19. The number of aryl methyl sites for hydroxylation is 1. The number of carbonyl (C=O) groups is 2. The Kier molecular flexibility index (Phi) is 6.98. The van der Waals surface area contributed by atoms with Crippen molar-refractivity contribution in [2.24, 2.45) is 5.10 Å². The van der Waals surface area contributed by atoms with Gasteiger partial charge in [-0.1, -0.05) is 59.6 Å². The Balaban J connectivity index is 1.58. The van der Waals surface area contributed by atoms with Gasteiger partial charge in [0.15, 0.2) is 0 Å². The third kappa shape index (κ3) is 4.97. The molecular formula is C27H26ClN3O3. The number of methoxy groups -OCH3 is 1. The lowest BCUT2D eigenvalue weighted by Crippen LogP contribution is -2.39. The minimum atomic E-state index is -0.274. The molecule has 34 heavy (non-hydrogen) atoms. The molecule has 0 bridgehead atoms. The lowest BCUT2D eigenvalue weighted by Gasteiger charge is -2.25. The Morgan fingerprint density at radius 2 is 1.74 bits per heavy atom. The Bertz CT molecular complexity index is 1220. The van der Waals surface area contributed by atoms with Crippen molar-refractivity contribution in [3.63, 3.8) is 0 Å². The summed E-state index contributed by atoms with van der Waals surface area (Å²) in [6.07, 6.45) is 0.536. The zero-order valence-corrected chi connectivity index (χ0v) is 20.1. The fourth-order valence-electron chi connectivity index (χ4n) is 3.95. The lowest BCUT2D eigenvalue weighted by molar-refractivity contribution is -0.133. The maximum atomic E-state index is 13.4. The molecule has 0 aliphatic carbocycles. The third-order valence-electron chi connectivity index (χ3n) is 5.87. The van der Waals surface area contributed by atoms with Crippen molar-refractivity contribution in [3.05, 3.63) is 100 Å². The summed E-state index contributed by atoms with van der Waals surface area (Å²) >= 11 is 6.42. The van der Waals surface area contributed by atoms with Gasteiger partial charge in [-0.15, -0.1) is 0 Å². The number of amides is 2. The van der Waals surface area contributed by atoms with Crippen molar-refractivity contribution in [1.82, 2.24) is 9.91 Å². The van der Waals surface area contributed by atoms with Gasteiger partial charge in [-0.05, 0) is 42.8 Å². The average Bonchev–Trinajstić information content (AvgIpc) is 3.29. The highest BCUT2D eigenvalue weighted by Gasteiger charge is 2.34. The topological polar surface area (TPSA) is 62.2 Å². The number of rotatable bonds is 6. The van der Waals surface area contributed by atoms with E-state index in [9.17, 15) is 9.59 Å². The van der Waals surface area contributed by atoms with E-state index in [1.54, 1.807) is 38.4 Å². The Morgan fingerprint density at radius 1 is 1.06 bits per heavy atom. The van der Waals surface area contributed by atoms with E-state index in [0.29, 0.717) is 22.8 Å². The van der Waals surface area contributed by atoms with Crippen LogP contribution in [0.15, 0.2) is 77.9 Å². The van der Waals surface area contributed by atoms with Crippen LogP contribution in [-0.2, 0) is 4.79 Å². The zero-order valence-electron chi connectivity index (χ0n) is 19.4. The molecule has 2 amide bonds. The Labute approximate surface area is 204 Å². The number of nitrogens with zero attached hydrogens (tertiary/aromatic N) is 3. The molecular weight excluding hydrogens is 450 g/mol. The number of hydrazone groups is 1. The summed E-state index contributed by atoms with van der Waals surface area (Å²) < 4.78 is 5.15. The van der Waals surface area contributed by atoms with Gasteiger partial charge in [0.25, 0.3) is 11.8 Å². The van der Waals surface area contributed by atoms with E-state index in [1.807, 2.05) is 55.5 Å². The summed E-state index contributed by atoms with van der Waals surface area (Å²) in [5.41, 5.74) is 4.14. The highest BCUT2D eigenvalue weighted by Crippen LogP contribution is 2.34. The van der Waals surface area contributed by atoms with Gasteiger partial charge < -0.3 is 9.64 Å². The number of halogens is 1. The summed E-state index contributed by atoms with van der Waals surface area (Å²) in [6, 6.07) is 22.1. The molecule has 0 N–H and O–H groups in total. The van der Waals surface area contributed by atoms with Crippen LogP contribution in [0.5, 0.6) is 5.75 Å². The monoisotopic (exact) mass is 475 g/mol. The molecule has 0 aromatic heterocycles. The van der Waals surface area contributed by atoms with E-state index in [4.69, 9.17) is 16.3 Å². The fraction of sp³-hybridized carbons (Fsp3) is 0.222. The van der Waals surface area contributed by atoms with E-state index in [2.05, 4.69) is 5.10 Å². The van der Waals surface area contributed by atoms with E-state index >= 15 is 0 Å². The Hall–Kier alpha value is -3.64. The molecule has 3 aromatic carbocycles. The molecule has 0 fully saturated rings. The maximum Gasteiger partial charge on any atom is 0.262 e. The molecule has 1 heterocycles. The molecule has 0 spiro atoms. The second-order valence-electron chi connectivity index (χ2n) is 8.29. The van der Waals surface area contributed by atoms with Crippen LogP contribution in [0.2, 0.25) is 5.02 Å². The van der Waals surface area contributed by atoms with E-state index in [1.165, 1.54) is 9.91 Å². The molecule has 0 radical (unpaired) electrons. The number of likely N-dealkylation sites (N-methyl/N-ethyl adjacent to an activating group) is 1. The first-order valence-electron chi connectivity index (χ1n) is 11.0. The minimum Gasteiger partial charge on any atom is -0.497 e. The zero-order chi connectivity index (χ0) is 24.2. The normalized spacial score (nSPS) is 15.1. The van der Waals surface area contributed by atoms with Gasteiger partial charge in [0, 0.05) is 29.6 Å². The van der Waals surface area contributed by atoms with E-state index in [0.717, 1.165) is 22.4 Å². The van der Waals surface area contributed by atoms with Crippen LogP contribution >= 0.6 is 11.6 Å². The molecule has 1 aliphatic heterocycles. The van der Waals surface area contributed by atoms with Gasteiger partial charge in [0.2, 0.25) is 0 Å². The number of hydrogen-bond acceptors (Lipinski definition) is 4. The largest absolute Gasteiger partial charge is 0.497 e. The number of hydrogen-bond donors (Lipinski definition) is 0. The lowest BCUT2D eigenvalue weighted by atomic mass is 9.97. The molecule has 3 aromatic rings. The third-order valence-corrected chi connectivity index (χ3v) is 6.20. The van der Waals surface area contributed by atoms with Crippen LogP contribution in [0.3, 0.4) is 0 Å². The van der Waals surface area contributed by atoms with E-state index in [-0.39, 0.29) is 24.4 Å². The average molecular weight is 476 g/mol. The second-order valence-corrected chi connectivity index (χ2v) is 8.69. The van der Waals surface area contributed by atoms with Crippen LogP contribution in [-0.4, -0.2) is 48.1 Å². The summed E-state index contributed by atoms with van der Waals surface area (Å²) in [5, 5.41) is 6.74. The number of benzene rings is 3. The molecule has 0 saturated heterocycles. The van der Waals surface area contributed by atoms with Gasteiger partial charge in [-0.3, -0.25) is 9.59 Å². The first-order valence-corrected chi connectivity index (χ1v) is 11.4. The predicted octanol–water partition coefficient (Wildman–Crippen LogP) is 5.11. The minimum absolute atomic E-state index is 0.105. The number of carbonyl (C=O) groups excluding carboxylic acids is 2. The van der Waals surface area contributed by atoms with Crippen molar-refractivity contribution >= 4 is 29.1 Å². The molecule has 0 saturated carbocycles. The molecule has 4 rings (SSSR count). The van der Waals surface area contributed by atoms with Crippen LogP contribution < -0.4 is 4.74 Å². The molecule has 6 nitrogen and oxygen atoms in total. The molecule has 1 aliphatic rings. The van der Waals surface area contributed by atoms with Gasteiger partial charge >= 0.3 is 0 Å². The van der Waals surface area contributed by atoms with Gasteiger partial charge in [-0.25, -0.2) is 5.01 Å². The summed E-state index contributed by atoms with van der Waals surface area (Å²) in [7, 11) is 3.18. The van der Waals surface area contributed by atoms with Crippen molar-refractivity contribution < 1.29 is 14.3 Å². The summed E-state index contributed by atoms with van der Waals surface area (Å²) in [4.78, 5) is 27.7. The standard InChI is InChI=1S/C27H26ClN3O3/c1-18-8-10-19(11-9-18)25-16-24(22-6-4-5-7-23(22)28)29-31(25)26(32)17-30(2)27(33)20-12-14-21(34-3)15-13-20/h4-15,25H,16-17H2,1-3H3/t25-/m0/s1. The first kappa shape index (κ1) is 23.5. The second kappa shape index (κ2) is 10.1. The van der Waals surface area contributed by atoms with Crippen molar-refractivity contribution in [1.29, 1.82) is 0 Å². The smallest absolute Gasteiger partial charge is 0.262 e. The van der Waals surface area contributed by atoms with Crippen molar-refractivity contribution in [2.75, 3.05) is 20.7 Å². The maximum absolute atomic E-state index is 13.4. The predicted molar refractivity (Wildman–Crippen MR) is 133 cm³/mol. The van der Waals surface area contributed by atoms with Crippen molar-refractivity contribution in [2.45, 2.75) is 19.4 Å². The highest BCUT2D eigenvalue weighted by molar-refractivity contribution is 6.34. The molecule has 7 heteroatoms. The van der Waals surface area contributed by atoms with Crippen molar-refractivity contribution in [3.8, 4) is 5.75 Å².